The summed E-state index contributed by atoms with van der Waals surface area (Å²) < 4.78 is 45.2. The maximum atomic E-state index is 14.5. The molecule has 1 amide bonds. The first-order valence-corrected chi connectivity index (χ1v) is 9.66. The fraction of sp³-hybridized carbons (Fsp3) is 0.208. The minimum absolute atomic E-state index is 0.256. The Morgan fingerprint density at radius 3 is 2.23 bits per heavy atom. The van der Waals surface area contributed by atoms with E-state index in [9.17, 15) is 13.6 Å². The third-order valence-electron chi connectivity index (χ3n) is 5.19. The Balaban J connectivity index is 1.55. The van der Waals surface area contributed by atoms with Crippen molar-refractivity contribution in [1.29, 1.82) is 0 Å². The number of carbonyl (C=O) groups excluding carboxylic acids is 1. The van der Waals surface area contributed by atoms with E-state index in [2.05, 4.69) is 0 Å². The molecular formula is C24H21F2NO4. The highest BCUT2D eigenvalue weighted by Crippen LogP contribution is 2.50. The zero-order valence-electron chi connectivity index (χ0n) is 17.0. The first-order valence-electron chi connectivity index (χ1n) is 9.66. The number of rotatable bonds is 7. The van der Waals surface area contributed by atoms with Crippen LogP contribution in [0.3, 0.4) is 0 Å². The number of anilines is 1. The fourth-order valence-electron chi connectivity index (χ4n) is 3.58. The zero-order chi connectivity index (χ0) is 22.0. The Kier molecular flexibility index (Phi) is 5.50. The molecule has 0 aromatic heterocycles. The molecule has 0 bridgehead atoms. The number of hydrogen-bond acceptors (Lipinski definition) is 4. The van der Waals surface area contributed by atoms with Crippen LogP contribution in [0.15, 0.2) is 72.8 Å². The molecule has 5 nitrogen and oxygen atoms in total. The molecule has 160 valence electrons. The number of ether oxygens (including phenoxy) is 3. The van der Waals surface area contributed by atoms with Gasteiger partial charge in [0.15, 0.2) is 11.5 Å². The van der Waals surface area contributed by atoms with Gasteiger partial charge in [-0.2, -0.15) is 8.78 Å². The molecule has 4 rings (SSSR count). The first kappa shape index (κ1) is 20.7. The largest absolute Gasteiger partial charge is 0.493 e. The highest BCUT2D eigenvalue weighted by Gasteiger charge is 2.64. The highest BCUT2D eigenvalue weighted by molar-refractivity contribution is 6.07. The van der Waals surface area contributed by atoms with E-state index in [4.69, 9.17) is 14.2 Å². The second-order valence-electron chi connectivity index (χ2n) is 7.08. The Bertz CT molecular complexity index is 1070. The summed E-state index contributed by atoms with van der Waals surface area (Å²) in [4.78, 5) is 13.3. The Labute approximate surface area is 178 Å². The number of hydrogen-bond donors (Lipinski definition) is 0. The molecule has 3 aromatic carbocycles. The summed E-state index contributed by atoms with van der Waals surface area (Å²) in [7, 11) is 2.89. The lowest BCUT2D eigenvalue weighted by molar-refractivity contribution is -0.162. The van der Waals surface area contributed by atoms with Crippen molar-refractivity contribution < 1.29 is 27.8 Å². The molecule has 1 fully saturated rings. The van der Waals surface area contributed by atoms with E-state index in [-0.39, 0.29) is 5.56 Å². The van der Waals surface area contributed by atoms with Crippen molar-refractivity contribution >= 4 is 11.6 Å². The van der Waals surface area contributed by atoms with Crippen LogP contribution in [0.25, 0.3) is 0 Å². The smallest absolute Gasteiger partial charge is 0.349 e. The van der Waals surface area contributed by atoms with Crippen molar-refractivity contribution in [2.24, 2.45) is 0 Å². The number of nitrogens with zero attached hydrogens (tertiary/aromatic N) is 1. The maximum absolute atomic E-state index is 14.5. The molecule has 0 saturated carbocycles. The quantitative estimate of drug-likeness (QED) is 0.500. The lowest BCUT2D eigenvalue weighted by Crippen LogP contribution is -2.64. The molecule has 3 aromatic rings. The summed E-state index contributed by atoms with van der Waals surface area (Å²) in [6.45, 7) is 0.384. The predicted molar refractivity (Wildman–Crippen MR) is 112 cm³/mol. The third kappa shape index (κ3) is 3.79. The molecule has 1 aliphatic rings. The second kappa shape index (κ2) is 8.26. The summed E-state index contributed by atoms with van der Waals surface area (Å²) in [6, 6.07) is 19.3. The number of methoxy groups -OCH3 is 2. The summed E-state index contributed by atoms with van der Waals surface area (Å²) in [5.74, 6) is -3.44. The highest BCUT2D eigenvalue weighted by atomic mass is 19.3. The molecule has 0 N–H and O–H groups in total. The SMILES string of the molecule is COc1ccc([C@@H]2N(c3ccc(OCc4ccccc4)cc3)C(=O)C2(F)F)cc1OC. The van der Waals surface area contributed by atoms with Gasteiger partial charge in [-0.05, 0) is 47.5 Å². The monoisotopic (exact) mass is 425 g/mol. The van der Waals surface area contributed by atoms with Gasteiger partial charge in [0.25, 0.3) is 0 Å². The van der Waals surface area contributed by atoms with Crippen LogP contribution < -0.4 is 19.1 Å². The van der Waals surface area contributed by atoms with Gasteiger partial charge in [0, 0.05) is 5.69 Å². The van der Waals surface area contributed by atoms with Crippen LogP contribution in [0, 0.1) is 0 Å². The van der Waals surface area contributed by atoms with Gasteiger partial charge in [-0.3, -0.25) is 9.69 Å². The maximum Gasteiger partial charge on any atom is 0.349 e. The van der Waals surface area contributed by atoms with E-state index < -0.39 is 17.9 Å². The van der Waals surface area contributed by atoms with Gasteiger partial charge in [-0.1, -0.05) is 36.4 Å². The summed E-state index contributed by atoms with van der Waals surface area (Å²) in [5.41, 5.74) is 1.63. The number of alkyl halides is 2. The van der Waals surface area contributed by atoms with Crippen LogP contribution in [0.4, 0.5) is 14.5 Å². The number of β-lactam (4-membered cyclic amide) rings is 1. The Morgan fingerprint density at radius 1 is 0.903 bits per heavy atom. The standard InChI is InChI=1S/C24H21F2NO4/c1-29-20-13-8-17(14-21(20)30-2)22-24(25,26)23(28)27(22)18-9-11-19(12-10-18)31-15-16-6-4-3-5-7-16/h3-14,22H,15H2,1-2H3/t22-/m0/s1. The Hall–Kier alpha value is -3.61. The molecule has 1 saturated heterocycles. The van der Waals surface area contributed by atoms with E-state index in [0.29, 0.717) is 29.5 Å². The molecular weight excluding hydrogens is 404 g/mol. The second-order valence-corrected chi connectivity index (χ2v) is 7.08. The van der Waals surface area contributed by atoms with Crippen LogP contribution in [0.1, 0.15) is 17.2 Å². The normalized spacial score (nSPS) is 17.1. The summed E-state index contributed by atoms with van der Waals surface area (Å²) in [6.07, 6.45) is 0. The van der Waals surface area contributed by atoms with Crippen molar-refractivity contribution in [2.45, 2.75) is 18.6 Å². The van der Waals surface area contributed by atoms with E-state index in [1.165, 1.54) is 26.4 Å². The Morgan fingerprint density at radius 2 is 1.58 bits per heavy atom. The number of benzene rings is 3. The predicted octanol–water partition coefficient (Wildman–Crippen LogP) is 5.01. The number of halogens is 2. The molecule has 0 spiro atoms. The lowest BCUT2D eigenvalue weighted by Gasteiger charge is -2.46. The lowest BCUT2D eigenvalue weighted by atomic mass is 9.88. The van der Waals surface area contributed by atoms with Crippen LogP contribution >= 0.6 is 0 Å². The van der Waals surface area contributed by atoms with Gasteiger partial charge in [0.2, 0.25) is 0 Å². The van der Waals surface area contributed by atoms with Crippen molar-refractivity contribution in [3.8, 4) is 17.2 Å². The van der Waals surface area contributed by atoms with Crippen molar-refractivity contribution in [2.75, 3.05) is 19.1 Å². The molecule has 1 heterocycles. The van der Waals surface area contributed by atoms with Crippen molar-refractivity contribution in [3.05, 3.63) is 83.9 Å². The summed E-state index contributed by atoms with van der Waals surface area (Å²) >= 11 is 0. The minimum Gasteiger partial charge on any atom is -0.493 e. The van der Waals surface area contributed by atoms with Crippen LogP contribution in [-0.4, -0.2) is 26.0 Å². The van der Waals surface area contributed by atoms with Gasteiger partial charge in [-0.25, -0.2) is 0 Å². The molecule has 0 radical (unpaired) electrons. The van der Waals surface area contributed by atoms with Crippen LogP contribution in [0.5, 0.6) is 17.2 Å². The van der Waals surface area contributed by atoms with Crippen LogP contribution in [0.2, 0.25) is 0 Å². The molecule has 1 atom stereocenters. The molecule has 0 unspecified atom stereocenters. The topological polar surface area (TPSA) is 48.0 Å². The van der Waals surface area contributed by atoms with E-state index in [1.54, 1.807) is 30.3 Å². The summed E-state index contributed by atoms with van der Waals surface area (Å²) in [5, 5.41) is 0. The fourth-order valence-corrected chi connectivity index (χ4v) is 3.58. The molecule has 0 aliphatic carbocycles. The van der Waals surface area contributed by atoms with Crippen molar-refractivity contribution in [3.63, 3.8) is 0 Å². The van der Waals surface area contributed by atoms with Gasteiger partial charge >= 0.3 is 11.8 Å². The van der Waals surface area contributed by atoms with Gasteiger partial charge in [0.1, 0.15) is 18.4 Å². The third-order valence-corrected chi connectivity index (χ3v) is 5.19. The zero-order valence-corrected chi connectivity index (χ0v) is 17.0. The van der Waals surface area contributed by atoms with Crippen LogP contribution in [-0.2, 0) is 11.4 Å². The van der Waals surface area contributed by atoms with Crippen molar-refractivity contribution in [1.82, 2.24) is 0 Å². The molecule has 1 aliphatic heterocycles. The van der Waals surface area contributed by atoms with Gasteiger partial charge in [-0.15, -0.1) is 0 Å². The minimum atomic E-state index is -3.51. The van der Waals surface area contributed by atoms with E-state index in [0.717, 1.165) is 10.5 Å². The molecule has 31 heavy (non-hydrogen) atoms. The van der Waals surface area contributed by atoms with Gasteiger partial charge in [0.05, 0.1) is 14.2 Å². The first-order chi connectivity index (χ1) is 15.0. The molecule has 7 heteroatoms. The van der Waals surface area contributed by atoms with Gasteiger partial charge < -0.3 is 14.2 Å². The number of amides is 1. The average molecular weight is 425 g/mol. The number of carbonyl (C=O) groups is 1. The van der Waals surface area contributed by atoms with E-state index in [1.807, 2.05) is 30.3 Å². The average Bonchev–Trinajstić information content (AvgIpc) is 2.81. The van der Waals surface area contributed by atoms with E-state index >= 15 is 0 Å².